The van der Waals surface area contributed by atoms with Crippen LogP contribution in [0.5, 0.6) is 0 Å². The highest BCUT2D eigenvalue weighted by Crippen LogP contribution is 2.28. The fourth-order valence-corrected chi connectivity index (χ4v) is 3.45. The molecule has 0 saturated heterocycles. The summed E-state index contributed by atoms with van der Waals surface area (Å²) in [5, 5.41) is 12.2. The van der Waals surface area contributed by atoms with Crippen molar-refractivity contribution < 1.29 is 13.2 Å². The Morgan fingerprint density at radius 1 is 1.53 bits per heavy atom. The van der Waals surface area contributed by atoms with E-state index in [1.165, 1.54) is 12.3 Å². The summed E-state index contributed by atoms with van der Waals surface area (Å²) < 4.78 is 22.3. The lowest BCUT2D eigenvalue weighted by Crippen LogP contribution is -2.26. The normalized spacial score (nSPS) is 13.2. The lowest BCUT2D eigenvalue weighted by molar-refractivity contribution is 0.0935. The molecule has 1 atom stereocenters. The van der Waals surface area contributed by atoms with Gasteiger partial charge in [-0.15, -0.1) is 11.3 Å². The average molecular weight is 321 g/mol. The van der Waals surface area contributed by atoms with Crippen LogP contribution in [0.15, 0.2) is 22.5 Å². The first kappa shape index (κ1) is 14.0. The van der Waals surface area contributed by atoms with Crippen molar-refractivity contribution in [1.29, 1.82) is 0 Å². The molecule has 2 N–H and O–H groups in total. The summed E-state index contributed by atoms with van der Waals surface area (Å²) in [6, 6.07) is 2.65. The molecule has 19 heavy (non-hydrogen) atoms. The minimum Gasteiger partial charge on any atom is -0.343 e. The van der Waals surface area contributed by atoms with Crippen molar-refractivity contribution in [1.82, 2.24) is 20.7 Å². The number of rotatable bonds is 4. The molecule has 0 fully saturated rings. The minimum atomic E-state index is -3.74. The van der Waals surface area contributed by atoms with Crippen LogP contribution in [-0.2, 0) is 9.05 Å². The number of thiophene rings is 1. The van der Waals surface area contributed by atoms with Crippen molar-refractivity contribution in [2.45, 2.75) is 17.2 Å². The molecule has 7 nitrogen and oxygen atoms in total. The molecule has 0 aliphatic carbocycles. The Labute approximate surface area is 117 Å². The number of nitrogens with zero attached hydrogens (tertiary/aromatic N) is 2. The summed E-state index contributed by atoms with van der Waals surface area (Å²) in [6.45, 7) is 1.73. The molecule has 2 heterocycles. The second-order valence-electron chi connectivity index (χ2n) is 3.65. The molecule has 0 aliphatic heterocycles. The number of aromatic nitrogens is 3. The van der Waals surface area contributed by atoms with E-state index in [1.807, 2.05) is 0 Å². The van der Waals surface area contributed by atoms with Gasteiger partial charge in [-0.2, -0.15) is 15.4 Å². The Bertz CT molecular complexity index is 680. The van der Waals surface area contributed by atoms with Gasteiger partial charge < -0.3 is 5.32 Å². The zero-order valence-electron chi connectivity index (χ0n) is 9.62. The molecule has 2 aromatic heterocycles. The van der Waals surface area contributed by atoms with Gasteiger partial charge in [-0.05, 0) is 19.1 Å². The summed E-state index contributed by atoms with van der Waals surface area (Å²) in [5.74, 6) is -0.398. The van der Waals surface area contributed by atoms with Crippen molar-refractivity contribution in [2.75, 3.05) is 0 Å². The first-order valence-corrected chi connectivity index (χ1v) is 8.21. The molecule has 0 spiro atoms. The number of aromatic amines is 1. The summed E-state index contributed by atoms with van der Waals surface area (Å²) >= 11 is 1.01. The fourth-order valence-electron chi connectivity index (χ4n) is 1.35. The van der Waals surface area contributed by atoms with E-state index in [0.29, 0.717) is 4.88 Å². The van der Waals surface area contributed by atoms with Crippen molar-refractivity contribution in [3.8, 4) is 0 Å². The van der Waals surface area contributed by atoms with Crippen molar-refractivity contribution >= 4 is 37.0 Å². The summed E-state index contributed by atoms with van der Waals surface area (Å²) in [4.78, 5) is 12.4. The number of hydrogen-bond acceptors (Lipinski definition) is 6. The first-order chi connectivity index (χ1) is 8.88. The topological polar surface area (TPSA) is 105 Å². The number of halogens is 1. The largest absolute Gasteiger partial charge is 0.343 e. The molecule has 0 aliphatic rings. The highest BCUT2D eigenvalue weighted by Gasteiger charge is 2.18. The number of nitrogens with one attached hydrogen (secondary N) is 2. The standard InChI is InChI=1S/C9H9ClN4O3S2/c1-5(12-9(15)6-4-11-14-13-6)7-2-3-8(18-7)19(10,16)17/h2-5H,1H3,(H,12,15)(H,11,13,14). The smallest absolute Gasteiger partial charge is 0.273 e. The maximum Gasteiger partial charge on any atom is 0.273 e. The minimum absolute atomic E-state index is 0.0479. The van der Waals surface area contributed by atoms with Crippen LogP contribution in [0.4, 0.5) is 0 Å². The fraction of sp³-hybridized carbons (Fsp3) is 0.222. The van der Waals surface area contributed by atoms with Crippen LogP contribution in [0.3, 0.4) is 0 Å². The van der Waals surface area contributed by atoms with Gasteiger partial charge in [0.1, 0.15) is 4.21 Å². The van der Waals surface area contributed by atoms with Gasteiger partial charge in [-0.1, -0.05) is 0 Å². The maximum absolute atomic E-state index is 11.7. The molecule has 0 aromatic carbocycles. The Morgan fingerprint density at radius 3 is 2.79 bits per heavy atom. The molecular weight excluding hydrogens is 312 g/mol. The van der Waals surface area contributed by atoms with E-state index in [2.05, 4.69) is 20.7 Å². The monoisotopic (exact) mass is 320 g/mol. The Kier molecular flexibility index (Phi) is 3.88. The summed E-state index contributed by atoms with van der Waals surface area (Å²) in [5.41, 5.74) is 0.161. The Morgan fingerprint density at radius 2 is 2.26 bits per heavy atom. The molecule has 2 aromatic rings. The highest BCUT2D eigenvalue weighted by atomic mass is 35.7. The number of carbonyl (C=O) groups excluding carboxylic acids is 1. The average Bonchev–Trinajstić information content (AvgIpc) is 3.00. The quantitative estimate of drug-likeness (QED) is 0.826. The van der Waals surface area contributed by atoms with E-state index in [0.717, 1.165) is 11.3 Å². The Balaban J connectivity index is 2.10. The van der Waals surface area contributed by atoms with Gasteiger partial charge in [0.05, 0.1) is 12.2 Å². The molecule has 1 unspecified atom stereocenters. The van der Waals surface area contributed by atoms with E-state index in [1.54, 1.807) is 13.0 Å². The van der Waals surface area contributed by atoms with Crippen LogP contribution in [-0.4, -0.2) is 29.7 Å². The third-order valence-corrected chi connectivity index (χ3v) is 5.63. The second kappa shape index (κ2) is 5.27. The lowest BCUT2D eigenvalue weighted by atomic mass is 10.2. The van der Waals surface area contributed by atoms with Crippen LogP contribution >= 0.6 is 22.0 Å². The number of hydrogen-bond donors (Lipinski definition) is 2. The van der Waals surface area contributed by atoms with Gasteiger partial charge in [-0.3, -0.25) is 4.79 Å². The van der Waals surface area contributed by atoms with E-state index in [4.69, 9.17) is 10.7 Å². The molecule has 0 bridgehead atoms. The maximum atomic E-state index is 11.7. The summed E-state index contributed by atoms with van der Waals surface area (Å²) in [7, 11) is 1.50. The Hall–Kier alpha value is -1.45. The third kappa shape index (κ3) is 3.31. The van der Waals surface area contributed by atoms with E-state index < -0.39 is 15.0 Å². The van der Waals surface area contributed by atoms with E-state index >= 15 is 0 Å². The zero-order chi connectivity index (χ0) is 14.0. The second-order valence-corrected chi connectivity index (χ2v) is 7.55. The zero-order valence-corrected chi connectivity index (χ0v) is 12.0. The van der Waals surface area contributed by atoms with Gasteiger partial charge >= 0.3 is 0 Å². The molecule has 10 heteroatoms. The molecule has 2 rings (SSSR count). The van der Waals surface area contributed by atoms with Crippen molar-refractivity contribution in [3.63, 3.8) is 0 Å². The van der Waals surface area contributed by atoms with Gasteiger partial charge in [0.25, 0.3) is 15.0 Å². The predicted octanol–water partition coefficient (Wildman–Crippen LogP) is 1.28. The summed E-state index contributed by atoms with van der Waals surface area (Å²) in [6.07, 6.45) is 1.30. The first-order valence-electron chi connectivity index (χ1n) is 5.09. The van der Waals surface area contributed by atoms with Crippen molar-refractivity contribution in [3.05, 3.63) is 28.9 Å². The van der Waals surface area contributed by atoms with E-state index in [9.17, 15) is 13.2 Å². The number of amides is 1. The van der Waals surface area contributed by atoms with Crippen molar-refractivity contribution in [2.24, 2.45) is 0 Å². The lowest BCUT2D eigenvalue weighted by Gasteiger charge is -2.10. The van der Waals surface area contributed by atoms with Crippen LogP contribution < -0.4 is 5.32 Å². The molecule has 0 saturated carbocycles. The van der Waals surface area contributed by atoms with Crippen LogP contribution in [0, 0.1) is 0 Å². The van der Waals surface area contributed by atoms with Crippen LogP contribution in [0.2, 0.25) is 0 Å². The molecule has 0 radical (unpaired) electrons. The van der Waals surface area contributed by atoms with Crippen LogP contribution in [0.25, 0.3) is 0 Å². The highest BCUT2D eigenvalue weighted by molar-refractivity contribution is 8.15. The molecular formula is C9H9ClN4O3S2. The van der Waals surface area contributed by atoms with Gasteiger partial charge in [0, 0.05) is 15.6 Å². The van der Waals surface area contributed by atoms with E-state index in [-0.39, 0.29) is 15.9 Å². The SMILES string of the molecule is CC(NC(=O)c1cn[nH]n1)c1ccc(S(=O)(=O)Cl)s1. The third-order valence-electron chi connectivity index (χ3n) is 2.26. The van der Waals surface area contributed by atoms with Crippen LogP contribution in [0.1, 0.15) is 28.3 Å². The van der Waals surface area contributed by atoms with Gasteiger partial charge in [-0.25, -0.2) is 8.42 Å². The number of H-pyrrole nitrogens is 1. The predicted molar refractivity (Wildman–Crippen MR) is 69.6 cm³/mol. The molecule has 102 valence electrons. The van der Waals surface area contributed by atoms with Gasteiger partial charge in [0.2, 0.25) is 0 Å². The number of carbonyl (C=O) groups is 1. The molecule has 1 amide bonds. The van der Waals surface area contributed by atoms with Gasteiger partial charge in [0.15, 0.2) is 5.69 Å².